The first kappa shape index (κ1) is 11.3. The van der Waals surface area contributed by atoms with E-state index in [1.807, 2.05) is 42.3 Å². The van der Waals surface area contributed by atoms with E-state index in [9.17, 15) is 4.79 Å². The Hall–Kier alpha value is -1.77. The molecule has 0 aromatic heterocycles. The molecule has 0 aliphatic rings. The number of benzene rings is 1. The lowest BCUT2D eigenvalue weighted by Crippen LogP contribution is -2.20. The van der Waals surface area contributed by atoms with Gasteiger partial charge in [0.2, 0.25) is 5.91 Å². The van der Waals surface area contributed by atoms with Crippen LogP contribution in [0.1, 0.15) is 0 Å². The Morgan fingerprint density at radius 1 is 1.13 bits per heavy atom. The summed E-state index contributed by atoms with van der Waals surface area (Å²) in [5, 5.41) is 0. The number of likely N-dealkylation sites (N-methyl/N-ethyl adjacent to an activating group) is 1. The number of carbonyl (C=O) groups excluding carboxylic acids is 1. The predicted molar refractivity (Wildman–Crippen MR) is 62.7 cm³/mol. The molecule has 0 spiro atoms. The largest absolute Gasteiger partial charge is 0.351 e. The molecule has 1 aromatic carbocycles. The van der Waals surface area contributed by atoms with Crippen LogP contribution in [0.3, 0.4) is 0 Å². The van der Waals surface area contributed by atoms with Crippen molar-refractivity contribution in [3.05, 3.63) is 42.6 Å². The topological polar surface area (TPSA) is 23.6 Å². The summed E-state index contributed by atoms with van der Waals surface area (Å²) < 4.78 is 0. The van der Waals surface area contributed by atoms with Crippen LogP contribution in [-0.4, -0.2) is 32.0 Å². The molecule has 0 N–H and O–H groups in total. The number of para-hydroxylation sites is 1. The van der Waals surface area contributed by atoms with Gasteiger partial charge in [-0.05, 0) is 12.1 Å². The molecule has 3 heteroatoms. The van der Waals surface area contributed by atoms with E-state index in [1.165, 1.54) is 4.90 Å². The summed E-state index contributed by atoms with van der Waals surface area (Å²) in [6.07, 6.45) is 3.31. The van der Waals surface area contributed by atoms with Gasteiger partial charge in [-0.25, -0.2) is 0 Å². The number of amides is 1. The smallest absolute Gasteiger partial charge is 0.247 e. The molecule has 0 atom stereocenters. The maximum Gasteiger partial charge on any atom is 0.247 e. The molecule has 0 unspecified atom stereocenters. The van der Waals surface area contributed by atoms with Crippen molar-refractivity contribution in [2.75, 3.05) is 26.0 Å². The Labute approximate surface area is 90.6 Å². The van der Waals surface area contributed by atoms with Gasteiger partial charge in [-0.1, -0.05) is 18.2 Å². The summed E-state index contributed by atoms with van der Waals surface area (Å²) in [5.74, 6) is -0.0159. The molecule has 0 bridgehead atoms. The molecule has 1 aromatic rings. The minimum absolute atomic E-state index is 0.0159. The van der Waals surface area contributed by atoms with E-state index in [-0.39, 0.29) is 5.91 Å². The standard InChI is InChI=1S/C12H16N2O/c1-13(2)12(15)9-10-14(3)11-7-5-4-6-8-11/h4-10H,1-3H3/b10-9+. The van der Waals surface area contributed by atoms with Gasteiger partial charge in [0.1, 0.15) is 0 Å². The highest BCUT2D eigenvalue weighted by atomic mass is 16.2. The highest BCUT2D eigenvalue weighted by Crippen LogP contribution is 2.10. The molecule has 80 valence electrons. The summed E-state index contributed by atoms with van der Waals surface area (Å²) in [6, 6.07) is 9.88. The number of hydrogen-bond acceptors (Lipinski definition) is 2. The Kier molecular flexibility index (Phi) is 3.92. The fourth-order valence-corrected chi connectivity index (χ4v) is 1.07. The molecular formula is C12H16N2O. The van der Waals surface area contributed by atoms with Gasteiger partial charge in [-0.15, -0.1) is 0 Å². The highest BCUT2D eigenvalue weighted by molar-refractivity contribution is 5.87. The molecule has 3 nitrogen and oxygen atoms in total. The van der Waals surface area contributed by atoms with Gasteiger partial charge in [-0.3, -0.25) is 4.79 Å². The number of anilines is 1. The van der Waals surface area contributed by atoms with E-state index in [2.05, 4.69) is 0 Å². The van der Waals surface area contributed by atoms with E-state index < -0.39 is 0 Å². The van der Waals surface area contributed by atoms with Crippen LogP contribution in [0.5, 0.6) is 0 Å². The Morgan fingerprint density at radius 2 is 1.73 bits per heavy atom. The summed E-state index contributed by atoms with van der Waals surface area (Å²) in [6.45, 7) is 0. The second-order valence-corrected chi connectivity index (χ2v) is 3.49. The third-order valence-corrected chi connectivity index (χ3v) is 2.04. The lowest BCUT2D eigenvalue weighted by atomic mass is 10.3. The second kappa shape index (κ2) is 5.20. The van der Waals surface area contributed by atoms with Gasteiger partial charge < -0.3 is 9.80 Å². The second-order valence-electron chi connectivity index (χ2n) is 3.49. The van der Waals surface area contributed by atoms with Crippen molar-refractivity contribution in [3.8, 4) is 0 Å². The first-order valence-electron chi connectivity index (χ1n) is 4.78. The van der Waals surface area contributed by atoms with Crippen LogP contribution >= 0.6 is 0 Å². The number of nitrogens with zero attached hydrogens (tertiary/aromatic N) is 2. The van der Waals surface area contributed by atoms with Crippen LogP contribution in [0.4, 0.5) is 5.69 Å². The number of hydrogen-bond donors (Lipinski definition) is 0. The predicted octanol–water partition coefficient (Wildman–Crippen LogP) is 1.72. The van der Waals surface area contributed by atoms with Gasteiger partial charge in [0.05, 0.1) is 0 Å². The lowest BCUT2D eigenvalue weighted by molar-refractivity contribution is -0.123. The molecule has 0 saturated heterocycles. The third kappa shape index (κ3) is 3.46. The summed E-state index contributed by atoms with van der Waals surface area (Å²) in [5.41, 5.74) is 1.06. The first-order chi connectivity index (χ1) is 7.11. The SMILES string of the molecule is CN(C)C(=O)/C=C/N(C)c1ccccc1. The average Bonchev–Trinajstić information content (AvgIpc) is 2.26. The fraction of sp³-hybridized carbons (Fsp3) is 0.250. The van der Waals surface area contributed by atoms with Gasteiger partial charge in [0.15, 0.2) is 0 Å². The molecule has 15 heavy (non-hydrogen) atoms. The third-order valence-electron chi connectivity index (χ3n) is 2.04. The zero-order valence-electron chi connectivity index (χ0n) is 9.34. The summed E-state index contributed by atoms with van der Waals surface area (Å²) in [4.78, 5) is 14.7. The van der Waals surface area contributed by atoms with Gasteiger partial charge in [0.25, 0.3) is 0 Å². The molecular weight excluding hydrogens is 188 g/mol. The Morgan fingerprint density at radius 3 is 2.27 bits per heavy atom. The van der Waals surface area contributed by atoms with Crippen LogP contribution in [0.15, 0.2) is 42.6 Å². The lowest BCUT2D eigenvalue weighted by Gasteiger charge is -2.14. The van der Waals surface area contributed by atoms with Crippen LogP contribution in [0, 0.1) is 0 Å². The van der Waals surface area contributed by atoms with Crippen LogP contribution in [0.25, 0.3) is 0 Å². The van der Waals surface area contributed by atoms with Crippen molar-refractivity contribution in [1.82, 2.24) is 4.90 Å². The van der Waals surface area contributed by atoms with E-state index in [4.69, 9.17) is 0 Å². The minimum atomic E-state index is -0.0159. The zero-order valence-corrected chi connectivity index (χ0v) is 9.34. The molecule has 0 aliphatic carbocycles. The molecule has 0 radical (unpaired) electrons. The van der Waals surface area contributed by atoms with Gasteiger partial charge in [0, 0.05) is 39.1 Å². The fourth-order valence-electron chi connectivity index (χ4n) is 1.07. The maximum atomic E-state index is 11.3. The van der Waals surface area contributed by atoms with Crippen molar-refractivity contribution < 1.29 is 4.79 Å². The van der Waals surface area contributed by atoms with Crippen molar-refractivity contribution in [1.29, 1.82) is 0 Å². The highest BCUT2D eigenvalue weighted by Gasteiger charge is 1.98. The van der Waals surface area contributed by atoms with Crippen molar-refractivity contribution >= 4 is 11.6 Å². The Bertz CT molecular complexity index is 344. The van der Waals surface area contributed by atoms with Crippen LogP contribution in [-0.2, 0) is 4.79 Å². The quantitative estimate of drug-likeness (QED) is 0.700. The van der Waals surface area contributed by atoms with Crippen molar-refractivity contribution in [2.24, 2.45) is 0 Å². The summed E-state index contributed by atoms with van der Waals surface area (Å²) in [7, 11) is 5.37. The van der Waals surface area contributed by atoms with Crippen LogP contribution in [0.2, 0.25) is 0 Å². The van der Waals surface area contributed by atoms with Crippen LogP contribution < -0.4 is 4.90 Å². The normalized spacial score (nSPS) is 10.3. The van der Waals surface area contributed by atoms with E-state index in [0.717, 1.165) is 5.69 Å². The maximum absolute atomic E-state index is 11.3. The van der Waals surface area contributed by atoms with E-state index in [0.29, 0.717) is 0 Å². The molecule has 0 aliphatic heterocycles. The number of carbonyl (C=O) groups is 1. The van der Waals surface area contributed by atoms with Crippen molar-refractivity contribution in [2.45, 2.75) is 0 Å². The van der Waals surface area contributed by atoms with Gasteiger partial charge >= 0.3 is 0 Å². The van der Waals surface area contributed by atoms with Gasteiger partial charge in [-0.2, -0.15) is 0 Å². The monoisotopic (exact) mass is 204 g/mol. The van der Waals surface area contributed by atoms with E-state index in [1.54, 1.807) is 26.4 Å². The first-order valence-corrected chi connectivity index (χ1v) is 4.78. The Balaban J connectivity index is 2.64. The molecule has 0 fully saturated rings. The zero-order chi connectivity index (χ0) is 11.3. The summed E-state index contributed by atoms with van der Waals surface area (Å²) >= 11 is 0. The minimum Gasteiger partial charge on any atom is -0.351 e. The molecule has 0 saturated carbocycles. The molecule has 1 amide bonds. The average molecular weight is 204 g/mol. The van der Waals surface area contributed by atoms with E-state index >= 15 is 0 Å². The molecule has 0 heterocycles. The number of rotatable bonds is 3. The van der Waals surface area contributed by atoms with Crippen molar-refractivity contribution in [3.63, 3.8) is 0 Å². The molecule has 1 rings (SSSR count).